The molecule has 1 N–H and O–H groups in total. The summed E-state index contributed by atoms with van der Waals surface area (Å²) in [5.41, 5.74) is 2.89. The van der Waals surface area contributed by atoms with E-state index in [1.54, 1.807) is 24.3 Å². The zero-order valence-electron chi connectivity index (χ0n) is 24.2. The zero-order valence-corrected chi connectivity index (χ0v) is 24.2. The minimum atomic E-state index is -0.448. The minimum absolute atomic E-state index is 0.273. The second-order valence-corrected chi connectivity index (χ2v) is 11.2. The number of ether oxygens (including phenoxy) is 1. The van der Waals surface area contributed by atoms with Crippen molar-refractivity contribution in [2.45, 2.75) is 31.3 Å². The number of aromatic nitrogens is 2. The maximum Gasteiger partial charge on any atom is 0.158 e. The number of anilines is 4. The van der Waals surface area contributed by atoms with E-state index < -0.39 is 5.82 Å². The number of likely N-dealkylation sites (N-methyl/N-ethyl adjacent to an activating group) is 1. The predicted octanol–water partition coefficient (Wildman–Crippen LogP) is 4.34. The van der Waals surface area contributed by atoms with E-state index in [0.29, 0.717) is 36.3 Å². The highest BCUT2D eigenvalue weighted by Gasteiger charge is 2.30. The molecule has 0 bridgehead atoms. The van der Waals surface area contributed by atoms with Crippen molar-refractivity contribution in [2.24, 2.45) is 0 Å². The van der Waals surface area contributed by atoms with E-state index in [0.717, 1.165) is 56.4 Å². The van der Waals surface area contributed by atoms with E-state index in [4.69, 9.17) is 9.57 Å². The van der Waals surface area contributed by atoms with Crippen LogP contribution >= 0.6 is 0 Å². The van der Waals surface area contributed by atoms with E-state index >= 15 is 0 Å². The molecule has 220 valence electrons. The molecule has 6 rings (SSSR count). The number of nitriles is 1. The summed E-state index contributed by atoms with van der Waals surface area (Å²) in [4.78, 5) is 22.2. The minimum Gasteiger partial charge on any atom is -0.494 e. The molecule has 11 heteroatoms. The Morgan fingerprint density at radius 1 is 1.00 bits per heavy atom. The first-order chi connectivity index (χ1) is 20.5. The Kier molecular flexibility index (Phi) is 8.37. The molecule has 1 atom stereocenters. The first-order valence-corrected chi connectivity index (χ1v) is 14.6. The van der Waals surface area contributed by atoms with Crippen LogP contribution in [0.5, 0.6) is 5.75 Å². The molecular formula is C31H37FN8O2. The van der Waals surface area contributed by atoms with E-state index in [9.17, 15) is 9.65 Å². The second kappa shape index (κ2) is 12.5. The van der Waals surface area contributed by atoms with Crippen molar-refractivity contribution >= 4 is 23.0 Å². The number of halogens is 1. The van der Waals surface area contributed by atoms with Gasteiger partial charge in [0.2, 0.25) is 0 Å². The van der Waals surface area contributed by atoms with Gasteiger partial charge in [0.25, 0.3) is 0 Å². The average Bonchev–Trinajstić information content (AvgIpc) is 3.52. The van der Waals surface area contributed by atoms with Crippen LogP contribution in [0.2, 0.25) is 0 Å². The number of hydroxylamine groups is 1. The summed E-state index contributed by atoms with van der Waals surface area (Å²) in [7, 11) is 3.88. The van der Waals surface area contributed by atoms with Crippen LogP contribution in [0.3, 0.4) is 0 Å². The lowest BCUT2D eigenvalue weighted by Gasteiger charge is -2.42. The molecule has 10 nitrogen and oxygen atoms in total. The Balaban J connectivity index is 1.13. The van der Waals surface area contributed by atoms with Gasteiger partial charge in [0.05, 0.1) is 37.1 Å². The molecule has 0 spiro atoms. The number of nitrogens with one attached hydrogen (secondary N) is 1. The summed E-state index contributed by atoms with van der Waals surface area (Å²) >= 11 is 0. The smallest absolute Gasteiger partial charge is 0.158 e. The molecule has 0 aliphatic carbocycles. The molecule has 3 fully saturated rings. The largest absolute Gasteiger partial charge is 0.494 e. The lowest BCUT2D eigenvalue weighted by molar-refractivity contribution is 0.0982. The van der Waals surface area contributed by atoms with Crippen LogP contribution in [-0.2, 0) is 4.84 Å². The molecular weight excluding hydrogens is 535 g/mol. The van der Waals surface area contributed by atoms with Crippen LogP contribution in [0.1, 0.15) is 36.4 Å². The molecule has 1 aromatic heterocycles. The average molecular weight is 573 g/mol. The number of benzene rings is 2. The first kappa shape index (κ1) is 28.2. The van der Waals surface area contributed by atoms with Crippen molar-refractivity contribution in [2.75, 3.05) is 75.3 Å². The lowest BCUT2D eigenvalue weighted by atomic mass is 10.0. The fourth-order valence-electron chi connectivity index (χ4n) is 6.20. The third-order valence-electron chi connectivity index (χ3n) is 8.55. The quantitative estimate of drug-likeness (QED) is 0.441. The van der Waals surface area contributed by atoms with Gasteiger partial charge in [-0.05, 0) is 55.8 Å². The van der Waals surface area contributed by atoms with Crippen LogP contribution in [0, 0.1) is 17.1 Å². The molecule has 2 aromatic carbocycles. The van der Waals surface area contributed by atoms with Gasteiger partial charge in [-0.2, -0.15) is 5.26 Å². The van der Waals surface area contributed by atoms with Crippen molar-refractivity contribution < 1.29 is 14.0 Å². The first-order valence-electron chi connectivity index (χ1n) is 14.6. The third-order valence-corrected chi connectivity index (χ3v) is 8.55. The summed E-state index contributed by atoms with van der Waals surface area (Å²) in [6.07, 6.45) is 4.45. The summed E-state index contributed by atoms with van der Waals surface area (Å²) in [5, 5.41) is 14.3. The number of nitrogens with zero attached hydrogens (tertiary/aromatic N) is 7. The lowest BCUT2D eigenvalue weighted by Crippen LogP contribution is -2.52. The van der Waals surface area contributed by atoms with Gasteiger partial charge < -0.3 is 19.9 Å². The number of hydrogen-bond donors (Lipinski definition) is 1. The Bertz CT molecular complexity index is 1430. The summed E-state index contributed by atoms with van der Waals surface area (Å²) in [6.45, 7) is 7.15. The van der Waals surface area contributed by atoms with Gasteiger partial charge in [-0.15, -0.1) is 0 Å². The van der Waals surface area contributed by atoms with Crippen LogP contribution < -0.4 is 20.0 Å². The van der Waals surface area contributed by atoms with E-state index in [1.807, 2.05) is 12.1 Å². The number of hydrogen-bond acceptors (Lipinski definition) is 10. The van der Waals surface area contributed by atoms with Crippen molar-refractivity contribution in [3.63, 3.8) is 0 Å². The van der Waals surface area contributed by atoms with Gasteiger partial charge in [-0.3, -0.25) is 9.74 Å². The number of rotatable bonds is 7. The summed E-state index contributed by atoms with van der Waals surface area (Å²) in [5.74, 6) is 1.39. The highest BCUT2D eigenvalue weighted by atomic mass is 19.1. The highest BCUT2D eigenvalue weighted by molar-refractivity contribution is 5.70. The van der Waals surface area contributed by atoms with E-state index in [2.05, 4.69) is 49.2 Å². The molecule has 0 saturated carbocycles. The Morgan fingerprint density at radius 2 is 1.81 bits per heavy atom. The topological polar surface area (TPSA) is 93.0 Å². The predicted molar refractivity (Wildman–Crippen MR) is 160 cm³/mol. The van der Waals surface area contributed by atoms with Crippen LogP contribution in [-0.4, -0.2) is 85.8 Å². The van der Waals surface area contributed by atoms with Gasteiger partial charge in [-0.1, -0.05) is 0 Å². The Hall–Kier alpha value is -3.98. The summed E-state index contributed by atoms with van der Waals surface area (Å²) in [6, 6.07) is 14.8. The normalized spacial score (nSPS) is 20.5. The maximum atomic E-state index is 14.2. The fraction of sp³-hybridized carbons (Fsp3) is 0.452. The van der Waals surface area contributed by atoms with E-state index in [1.165, 1.54) is 31.3 Å². The van der Waals surface area contributed by atoms with Crippen LogP contribution in [0.25, 0.3) is 0 Å². The van der Waals surface area contributed by atoms with Crippen molar-refractivity contribution in [3.8, 4) is 11.8 Å². The monoisotopic (exact) mass is 572 g/mol. The molecule has 3 saturated heterocycles. The van der Waals surface area contributed by atoms with Crippen molar-refractivity contribution in [1.82, 2.24) is 19.8 Å². The molecule has 42 heavy (non-hydrogen) atoms. The third kappa shape index (κ3) is 6.11. The molecule has 0 unspecified atom stereocenters. The number of methoxy groups -OCH3 is 1. The highest BCUT2D eigenvalue weighted by Crippen LogP contribution is 2.37. The van der Waals surface area contributed by atoms with E-state index in [-0.39, 0.29) is 11.6 Å². The molecule has 3 aliphatic heterocycles. The standard InChI is InChI=1S/C31H37FN8O2/c1-37-10-12-39(13-11-37)25-5-8-38(9-6-25)26-3-4-27(29(18-26)41-2)36-30-19-31(35-21-34-30)40-28(7-14-42-40)23-15-22(20-33)16-24(32)17-23/h3-4,15-19,21,25,28H,5-14H2,1-2H3,(H,34,35,36)/t28-/m1/s1. The zero-order chi connectivity index (χ0) is 29.1. The van der Waals surface area contributed by atoms with Gasteiger partial charge in [0, 0.05) is 69.6 Å². The van der Waals surface area contributed by atoms with Crippen LogP contribution in [0.4, 0.5) is 27.4 Å². The van der Waals surface area contributed by atoms with Gasteiger partial charge in [0.15, 0.2) is 5.82 Å². The van der Waals surface area contributed by atoms with Gasteiger partial charge in [-0.25, -0.2) is 19.4 Å². The summed E-state index contributed by atoms with van der Waals surface area (Å²) < 4.78 is 19.9. The SMILES string of the molecule is COc1cc(N2CCC(N3CCN(C)CC3)CC2)ccc1Nc1cc(N2OCC[C@@H]2c2cc(F)cc(C#N)c2)ncn1. The van der Waals surface area contributed by atoms with Crippen molar-refractivity contribution in [1.29, 1.82) is 5.26 Å². The van der Waals surface area contributed by atoms with Crippen LogP contribution in [0.15, 0.2) is 48.8 Å². The maximum absolute atomic E-state index is 14.2. The molecule has 0 amide bonds. The van der Waals surface area contributed by atoms with Gasteiger partial charge in [0.1, 0.15) is 23.7 Å². The van der Waals surface area contributed by atoms with Gasteiger partial charge >= 0.3 is 0 Å². The second-order valence-electron chi connectivity index (χ2n) is 11.2. The molecule has 4 heterocycles. The number of piperidine rings is 1. The number of piperazine rings is 1. The Labute approximate surface area is 246 Å². The Morgan fingerprint density at radius 3 is 2.57 bits per heavy atom. The fourth-order valence-corrected chi connectivity index (χ4v) is 6.20. The van der Waals surface area contributed by atoms with Crippen molar-refractivity contribution in [3.05, 3.63) is 65.7 Å². The molecule has 0 radical (unpaired) electrons. The molecule has 3 aromatic rings. The molecule has 3 aliphatic rings.